The number of carbonyl (C=O) groups is 1. The molecule has 1 N–H and O–H groups in total. The van der Waals surface area contributed by atoms with Gasteiger partial charge in [0.15, 0.2) is 0 Å². The van der Waals surface area contributed by atoms with Crippen LogP contribution in [0.2, 0.25) is 0 Å². The zero-order valence-electron chi connectivity index (χ0n) is 14.9. The Morgan fingerprint density at radius 1 is 1.29 bits per heavy atom. The third-order valence-electron chi connectivity index (χ3n) is 4.58. The molecule has 1 aliphatic heterocycles. The van der Waals surface area contributed by atoms with Crippen LogP contribution in [0.25, 0.3) is 0 Å². The number of nitrogens with one attached hydrogen (secondary N) is 1. The lowest BCUT2D eigenvalue weighted by atomic mass is 10.1. The molecule has 2 amide bonds. The monoisotopic (exact) mass is 332 g/mol. The van der Waals surface area contributed by atoms with Crippen molar-refractivity contribution < 1.29 is 14.3 Å². The molecule has 1 aliphatic carbocycles. The van der Waals surface area contributed by atoms with E-state index in [9.17, 15) is 4.79 Å². The van der Waals surface area contributed by atoms with Crippen molar-refractivity contribution in [1.82, 2.24) is 4.90 Å². The quantitative estimate of drug-likeness (QED) is 0.909. The highest BCUT2D eigenvalue weighted by atomic mass is 16.5. The normalized spacial score (nSPS) is 24.0. The summed E-state index contributed by atoms with van der Waals surface area (Å²) in [4.78, 5) is 14.5. The predicted octanol–water partition coefficient (Wildman–Crippen LogP) is 4.04. The number of anilines is 1. The molecule has 2 aliphatic rings. The molecule has 1 aromatic carbocycles. The Hall–Kier alpha value is -1.75. The van der Waals surface area contributed by atoms with Gasteiger partial charge in [0.05, 0.1) is 30.0 Å². The van der Waals surface area contributed by atoms with Crippen LogP contribution in [-0.2, 0) is 4.74 Å². The van der Waals surface area contributed by atoms with Gasteiger partial charge in [-0.15, -0.1) is 0 Å². The smallest absolute Gasteiger partial charge is 0.322 e. The van der Waals surface area contributed by atoms with Gasteiger partial charge in [0.2, 0.25) is 0 Å². The number of hydrogen-bond acceptors (Lipinski definition) is 3. The summed E-state index contributed by atoms with van der Waals surface area (Å²) in [6.45, 7) is 7.20. The molecule has 1 saturated carbocycles. The molecule has 0 aromatic heterocycles. The fourth-order valence-corrected chi connectivity index (χ4v) is 3.66. The van der Waals surface area contributed by atoms with Gasteiger partial charge >= 0.3 is 6.03 Å². The van der Waals surface area contributed by atoms with Crippen LogP contribution in [-0.4, -0.2) is 41.8 Å². The van der Waals surface area contributed by atoms with Gasteiger partial charge in [-0.1, -0.05) is 12.1 Å². The number of amides is 2. The second kappa shape index (κ2) is 7.01. The second-order valence-corrected chi connectivity index (χ2v) is 7.52. The highest BCUT2D eigenvalue weighted by molar-refractivity contribution is 5.91. The van der Waals surface area contributed by atoms with Gasteiger partial charge < -0.3 is 19.7 Å². The molecule has 1 atom stereocenters. The third kappa shape index (κ3) is 4.20. The average Bonchev–Trinajstić information content (AvgIpc) is 3.00. The van der Waals surface area contributed by atoms with Crippen molar-refractivity contribution in [2.45, 2.75) is 64.3 Å². The van der Waals surface area contributed by atoms with Gasteiger partial charge in [-0.25, -0.2) is 4.79 Å². The first kappa shape index (κ1) is 17.1. The topological polar surface area (TPSA) is 50.8 Å². The average molecular weight is 332 g/mol. The van der Waals surface area contributed by atoms with Gasteiger partial charge in [0.25, 0.3) is 0 Å². The van der Waals surface area contributed by atoms with Gasteiger partial charge in [0, 0.05) is 6.54 Å². The van der Waals surface area contributed by atoms with Crippen LogP contribution >= 0.6 is 0 Å². The fourth-order valence-electron chi connectivity index (χ4n) is 3.66. The Bertz CT molecular complexity index is 582. The summed E-state index contributed by atoms with van der Waals surface area (Å²) in [5.74, 6) is 0.762. The molecule has 24 heavy (non-hydrogen) atoms. The number of para-hydroxylation sites is 2. The van der Waals surface area contributed by atoms with E-state index in [0.29, 0.717) is 13.1 Å². The Morgan fingerprint density at radius 3 is 2.71 bits per heavy atom. The number of ether oxygens (including phenoxy) is 2. The second-order valence-electron chi connectivity index (χ2n) is 7.52. The molecule has 1 unspecified atom stereocenters. The van der Waals surface area contributed by atoms with E-state index in [1.165, 1.54) is 12.8 Å². The number of nitrogens with zero attached hydrogens (tertiary/aromatic N) is 1. The highest BCUT2D eigenvalue weighted by Crippen LogP contribution is 2.30. The van der Waals surface area contributed by atoms with E-state index < -0.39 is 0 Å². The summed E-state index contributed by atoms with van der Waals surface area (Å²) < 4.78 is 12.0. The lowest BCUT2D eigenvalue weighted by Gasteiger charge is -2.41. The van der Waals surface area contributed by atoms with Crippen molar-refractivity contribution >= 4 is 11.7 Å². The first-order valence-electron chi connectivity index (χ1n) is 8.92. The number of benzene rings is 1. The maximum Gasteiger partial charge on any atom is 0.322 e. The van der Waals surface area contributed by atoms with Crippen LogP contribution < -0.4 is 10.1 Å². The standard InChI is InChI=1S/C19H28N2O3/c1-14-12-21(13-19(2,3)24-14)18(22)20-16-10-6-7-11-17(16)23-15-8-4-5-9-15/h6-7,10-11,14-15H,4-5,8-9,12-13H2,1-3H3,(H,20,22). The van der Waals surface area contributed by atoms with Crippen molar-refractivity contribution in [3.05, 3.63) is 24.3 Å². The first-order chi connectivity index (χ1) is 11.4. The van der Waals surface area contributed by atoms with Crippen molar-refractivity contribution in [2.75, 3.05) is 18.4 Å². The lowest BCUT2D eigenvalue weighted by Crippen LogP contribution is -2.54. The summed E-state index contributed by atoms with van der Waals surface area (Å²) in [6.07, 6.45) is 4.93. The minimum absolute atomic E-state index is 0.0319. The maximum atomic E-state index is 12.7. The number of hydrogen-bond donors (Lipinski definition) is 1. The van der Waals surface area contributed by atoms with Crippen LogP contribution in [0.5, 0.6) is 5.75 Å². The van der Waals surface area contributed by atoms with E-state index in [2.05, 4.69) is 5.32 Å². The van der Waals surface area contributed by atoms with Gasteiger partial charge in [-0.3, -0.25) is 0 Å². The molecule has 1 aromatic rings. The van der Waals surface area contributed by atoms with E-state index in [1.807, 2.05) is 49.9 Å². The first-order valence-corrected chi connectivity index (χ1v) is 8.92. The fraction of sp³-hybridized carbons (Fsp3) is 0.632. The maximum absolute atomic E-state index is 12.7. The van der Waals surface area contributed by atoms with Gasteiger partial charge in [-0.05, 0) is 58.6 Å². The van der Waals surface area contributed by atoms with Crippen molar-refractivity contribution in [3.63, 3.8) is 0 Å². The molecule has 1 heterocycles. The van der Waals surface area contributed by atoms with Crippen LogP contribution in [0.15, 0.2) is 24.3 Å². The van der Waals surface area contributed by atoms with Crippen molar-refractivity contribution in [1.29, 1.82) is 0 Å². The minimum atomic E-state index is -0.325. The van der Waals surface area contributed by atoms with E-state index in [-0.39, 0.29) is 23.8 Å². The molecular formula is C19H28N2O3. The van der Waals surface area contributed by atoms with Crippen molar-refractivity contribution in [2.24, 2.45) is 0 Å². The molecule has 3 rings (SSSR count). The molecule has 5 heteroatoms. The zero-order chi connectivity index (χ0) is 17.2. The molecule has 0 bridgehead atoms. The van der Waals surface area contributed by atoms with Gasteiger partial charge in [-0.2, -0.15) is 0 Å². The summed E-state index contributed by atoms with van der Waals surface area (Å²) in [6, 6.07) is 7.60. The largest absolute Gasteiger partial charge is 0.488 e. The molecule has 132 valence electrons. The summed E-state index contributed by atoms with van der Waals surface area (Å²) in [5, 5.41) is 3.02. The Balaban J connectivity index is 1.67. The molecule has 0 spiro atoms. The Morgan fingerprint density at radius 2 is 2.00 bits per heavy atom. The molecule has 0 radical (unpaired) electrons. The molecule has 2 fully saturated rings. The van der Waals surface area contributed by atoms with E-state index >= 15 is 0 Å². The van der Waals surface area contributed by atoms with Crippen molar-refractivity contribution in [3.8, 4) is 5.75 Å². The number of carbonyl (C=O) groups excluding carboxylic acids is 1. The van der Waals surface area contributed by atoms with E-state index in [0.717, 1.165) is 24.3 Å². The summed E-state index contributed by atoms with van der Waals surface area (Å²) in [7, 11) is 0. The van der Waals surface area contributed by atoms with E-state index in [1.54, 1.807) is 0 Å². The summed E-state index contributed by atoms with van der Waals surface area (Å²) >= 11 is 0. The van der Waals surface area contributed by atoms with Crippen LogP contribution in [0, 0.1) is 0 Å². The Kier molecular flexibility index (Phi) is 4.99. The Labute approximate surface area is 144 Å². The SMILES string of the molecule is CC1CN(C(=O)Nc2ccccc2OC2CCCC2)CC(C)(C)O1. The van der Waals surface area contributed by atoms with E-state index in [4.69, 9.17) is 9.47 Å². The number of morpholine rings is 1. The lowest BCUT2D eigenvalue weighted by molar-refractivity contribution is -0.116. The number of urea groups is 1. The van der Waals surface area contributed by atoms with Crippen LogP contribution in [0.3, 0.4) is 0 Å². The number of rotatable bonds is 3. The predicted molar refractivity (Wildman–Crippen MR) is 94.5 cm³/mol. The molecule has 5 nitrogen and oxygen atoms in total. The minimum Gasteiger partial charge on any atom is -0.488 e. The highest BCUT2D eigenvalue weighted by Gasteiger charge is 2.34. The zero-order valence-corrected chi connectivity index (χ0v) is 14.9. The van der Waals surface area contributed by atoms with Gasteiger partial charge in [0.1, 0.15) is 5.75 Å². The molecular weight excluding hydrogens is 304 g/mol. The van der Waals surface area contributed by atoms with Crippen LogP contribution in [0.1, 0.15) is 46.5 Å². The summed E-state index contributed by atoms with van der Waals surface area (Å²) in [5.41, 5.74) is 0.417. The molecule has 1 saturated heterocycles. The third-order valence-corrected chi connectivity index (χ3v) is 4.58. The van der Waals surface area contributed by atoms with Crippen LogP contribution in [0.4, 0.5) is 10.5 Å².